The number of halogens is 1. The lowest BCUT2D eigenvalue weighted by atomic mass is 9.88. The Kier molecular flexibility index (Phi) is 5.83. The van der Waals surface area contributed by atoms with Gasteiger partial charge in [-0.3, -0.25) is 19.0 Å². The quantitative estimate of drug-likeness (QED) is 0.456. The van der Waals surface area contributed by atoms with Crippen molar-refractivity contribution < 1.29 is 18.4 Å². The summed E-state index contributed by atoms with van der Waals surface area (Å²) in [6.45, 7) is -0.306. The standard InChI is InChI=1S/C25H23FN4O4/c26-18-11-10-16(12-19(18)29-24(32)15-6-2-1-3-7-15)28-21(31)13-30-14-27-22-17-8-4-5-9-20(17)34-23(22)25(30)33/h4-5,8-12,14-15H,1-3,6-7,13H2,(H,28,31)(H,29,32). The molecule has 1 aliphatic rings. The molecule has 0 aliphatic heterocycles. The Morgan fingerprint density at radius 1 is 1.09 bits per heavy atom. The van der Waals surface area contributed by atoms with Crippen LogP contribution in [-0.4, -0.2) is 21.4 Å². The van der Waals surface area contributed by atoms with Gasteiger partial charge in [-0.2, -0.15) is 0 Å². The normalized spacial score (nSPS) is 14.4. The summed E-state index contributed by atoms with van der Waals surface area (Å²) in [5.74, 6) is -1.42. The minimum absolute atomic E-state index is 0.0101. The first-order valence-corrected chi connectivity index (χ1v) is 11.3. The molecule has 2 amide bonds. The molecule has 174 valence electrons. The van der Waals surface area contributed by atoms with Gasteiger partial charge in [0.05, 0.1) is 12.0 Å². The smallest absolute Gasteiger partial charge is 0.297 e. The van der Waals surface area contributed by atoms with Crippen molar-refractivity contribution in [3.05, 3.63) is 65.0 Å². The number of benzene rings is 2. The van der Waals surface area contributed by atoms with Gasteiger partial charge in [-0.25, -0.2) is 9.37 Å². The predicted octanol–water partition coefficient (Wildman–Crippen LogP) is 4.44. The number of fused-ring (bicyclic) bond motifs is 3. The summed E-state index contributed by atoms with van der Waals surface area (Å²) >= 11 is 0. The van der Waals surface area contributed by atoms with Gasteiger partial charge >= 0.3 is 0 Å². The van der Waals surface area contributed by atoms with E-state index >= 15 is 0 Å². The summed E-state index contributed by atoms with van der Waals surface area (Å²) in [7, 11) is 0. The Labute approximate surface area is 193 Å². The van der Waals surface area contributed by atoms with Gasteiger partial charge in [0, 0.05) is 17.0 Å². The fourth-order valence-electron chi connectivity index (χ4n) is 4.38. The first-order valence-electron chi connectivity index (χ1n) is 11.3. The van der Waals surface area contributed by atoms with Gasteiger partial charge in [-0.1, -0.05) is 31.4 Å². The maximum Gasteiger partial charge on any atom is 0.297 e. The number of nitrogens with zero attached hydrogens (tertiary/aromatic N) is 2. The third-order valence-electron chi connectivity index (χ3n) is 6.15. The van der Waals surface area contributed by atoms with E-state index in [2.05, 4.69) is 15.6 Å². The highest BCUT2D eigenvalue weighted by Gasteiger charge is 2.22. The number of hydrogen-bond acceptors (Lipinski definition) is 5. The van der Waals surface area contributed by atoms with Crippen LogP contribution in [-0.2, 0) is 16.1 Å². The Hall–Kier alpha value is -4.01. The van der Waals surface area contributed by atoms with Gasteiger partial charge in [-0.05, 0) is 43.2 Å². The zero-order chi connectivity index (χ0) is 23.7. The number of nitrogens with one attached hydrogen (secondary N) is 2. The molecule has 0 bridgehead atoms. The first-order chi connectivity index (χ1) is 16.5. The number of carbonyl (C=O) groups excluding carboxylic acids is 2. The van der Waals surface area contributed by atoms with Gasteiger partial charge in [0.15, 0.2) is 0 Å². The summed E-state index contributed by atoms with van der Waals surface area (Å²) in [4.78, 5) is 42.2. The zero-order valence-corrected chi connectivity index (χ0v) is 18.3. The van der Waals surface area contributed by atoms with Crippen molar-refractivity contribution in [2.75, 3.05) is 10.6 Å². The van der Waals surface area contributed by atoms with Gasteiger partial charge in [0.2, 0.25) is 17.4 Å². The van der Waals surface area contributed by atoms with Crippen molar-refractivity contribution >= 4 is 45.3 Å². The second kappa shape index (κ2) is 9.09. The highest BCUT2D eigenvalue weighted by molar-refractivity contribution is 6.02. The zero-order valence-electron chi connectivity index (χ0n) is 18.3. The van der Waals surface area contributed by atoms with E-state index in [1.54, 1.807) is 12.1 Å². The molecule has 2 aromatic carbocycles. The molecule has 4 aromatic rings. The largest absolute Gasteiger partial charge is 0.448 e. The molecule has 0 unspecified atom stereocenters. The number of carbonyl (C=O) groups is 2. The molecule has 34 heavy (non-hydrogen) atoms. The number of hydrogen-bond donors (Lipinski definition) is 2. The molecular formula is C25H23FN4O4. The van der Waals surface area contributed by atoms with Crippen LogP contribution in [0.25, 0.3) is 22.1 Å². The Balaban J connectivity index is 1.31. The number of anilines is 2. The molecular weight excluding hydrogens is 439 g/mol. The van der Waals surface area contributed by atoms with Crippen LogP contribution in [0, 0.1) is 11.7 Å². The molecule has 0 radical (unpaired) electrons. The van der Waals surface area contributed by atoms with Gasteiger partial charge in [-0.15, -0.1) is 0 Å². The second-order valence-electron chi connectivity index (χ2n) is 8.52. The summed E-state index contributed by atoms with van der Waals surface area (Å²) in [5.41, 5.74) is 0.890. The van der Waals surface area contributed by atoms with Crippen LogP contribution in [0.3, 0.4) is 0 Å². The molecule has 0 saturated heterocycles. The Morgan fingerprint density at radius 3 is 2.71 bits per heavy atom. The molecule has 1 saturated carbocycles. The van der Waals surface area contributed by atoms with Crippen LogP contribution < -0.4 is 16.2 Å². The Morgan fingerprint density at radius 2 is 1.88 bits per heavy atom. The second-order valence-corrected chi connectivity index (χ2v) is 8.52. The van der Waals surface area contributed by atoms with Crippen LogP contribution in [0.5, 0.6) is 0 Å². The van der Waals surface area contributed by atoms with Gasteiger partial charge < -0.3 is 15.1 Å². The molecule has 9 heteroatoms. The topological polar surface area (TPSA) is 106 Å². The van der Waals surface area contributed by atoms with Crippen molar-refractivity contribution in [2.24, 2.45) is 5.92 Å². The van der Waals surface area contributed by atoms with E-state index in [0.29, 0.717) is 16.8 Å². The number of amides is 2. The van der Waals surface area contributed by atoms with Gasteiger partial charge in [0.1, 0.15) is 23.5 Å². The number of rotatable bonds is 5. The summed E-state index contributed by atoms with van der Waals surface area (Å²) in [5, 5.41) is 6.00. The SMILES string of the molecule is O=C(Cn1cnc2c(oc3ccccc32)c1=O)Nc1ccc(F)c(NC(=O)C2CCCCC2)c1. The molecule has 0 spiro atoms. The molecule has 2 heterocycles. The average Bonchev–Trinajstić information content (AvgIpc) is 3.23. The van der Waals surface area contributed by atoms with Crippen molar-refractivity contribution in [3.63, 3.8) is 0 Å². The van der Waals surface area contributed by atoms with E-state index in [1.807, 2.05) is 12.1 Å². The third-order valence-corrected chi connectivity index (χ3v) is 6.15. The monoisotopic (exact) mass is 462 g/mol. The highest BCUT2D eigenvalue weighted by Crippen LogP contribution is 2.27. The van der Waals surface area contributed by atoms with Crippen LogP contribution in [0.15, 0.2) is 58.0 Å². The van der Waals surface area contributed by atoms with Gasteiger partial charge in [0.25, 0.3) is 5.56 Å². The lowest BCUT2D eigenvalue weighted by molar-refractivity contribution is -0.120. The summed E-state index contributed by atoms with van der Waals surface area (Å²) < 4.78 is 21.1. The van der Waals surface area contributed by atoms with Crippen LogP contribution in [0.4, 0.5) is 15.8 Å². The maximum atomic E-state index is 14.3. The van der Waals surface area contributed by atoms with Crippen molar-refractivity contribution in [3.8, 4) is 0 Å². The molecule has 8 nitrogen and oxygen atoms in total. The summed E-state index contributed by atoms with van der Waals surface area (Å²) in [6.07, 6.45) is 5.98. The Bertz CT molecular complexity index is 1450. The number of para-hydroxylation sites is 1. The van der Waals surface area contributed by atoms with Crippen LogP contribution in [0.1, 0.15) is 32.1 Å². The van der Waals surface area contributed by atoms with E-state index in [1.165, 1.54) is 24.5 Å². The molecule has 2 N–H and O–H groups in total. The minimum Gasteiger partial charge on any atom is -0.448 e. The van der Waals surface area contributed by atoms with E-state index in [4.69, 9.17) is 4.42 Å². The fraction of sp³-hybridized carbons (Fsp3) is 0.280. The van der Waals surface area contributed by atoms with E-state index in [-0.39, 0.29) is 29.6 Å². The third kappa shape index (κ3) is 4.28. The number of aromatic nitrogens is 2. The highest BCUT2D eigenvalue weighted by atomic mass is 19.1. The molecule has 1 fully saturated rings. The fourth-order valence-corrected chi connectivity index (χ4v) is 4.38. The van der Waals surface area contributed by atoms with Crippen LogP contribution in [0.2, 0.25) is 0 Å². The van der Waals surface area contributed by atoms with Crippen LogP contribution >= 0.6 is 0 Å². The maximum absolute atomic E-state index is 14.3. The lowest BCUT2D eigenvalue weighted by Crippen LogP contribution is -2.28. The van der Waals surface area contributed by atoms with Crippen molar-refractivity contribution in [2.45, 2.75) is 38.6 Å². The first kappa shape index (κ1) is 21.8. The minimum atomic E-state index is -0.585. The van der Waals surface area contributed by atoms with Crippen molar-refractivity contribution in [1.29, 1.82) is 0 Å². The molecule has 2 aromatic heterocycles. The molecule has 1 aliphatic carbocycles. The lowest BCUT2D eigenvalue weighted by Gasteiger charge is -2.21. The molecule has 5 rings (SSSR count). The predicted molar refractivity (Wildman–Crippen MR) is 126 cm³/mol. The average molecular weight is 462 g/mol. The van der Waals surface area contributed by atoms with Crippen molar-refractivity contribution in [1.82, 2.24) is 9.55 Å². The van der Waals surface area contributed by atoms with E-state index in [0.717, 1.165) is 42.1 Å². The van der Waals surface area contributed by atoms with E-state index in [9.17, 15) is 18.8 Å². The van der Waals surface area contributed by atoms with E-state index < -0.39 is 17.3 Å². The number of furan rings is 1. The molecule has 0 atom stereocenters. The summed E-state index contributed by atoms with van der Waals surface area (Å²) in [6, 6.07) is 11.1.